The minimum Gasteiger partial charge on any atom is -0.0866 e. The zero-order chi connectivity index (χ0) is 5.54. The molecular formula is C5H8N2+2. The van der Waals surface area contributed by atoms with Gasteiger partial charge in [-0.3, -0.25) is 0 Å². The molecule has 2 nitrogen and oxygen atoms in total. The molecule has 0 heterocycles. The fraction of sp³-hybridized carbons (Fsp3) is 0.600. The number of rotatable bonds is 2. The van der Waals surface area contributed by atoms with Crippen LogP contribution in [0.15, 0.2) is 0 Å². The Labute approximate surface area is 43.4 Å². The lowest BCUT2D eigenvalue weighted by atomic mass is 10.4. The lowest BCUT2D eigenvalue weighted by Crippen LogP contribution is -1.78. The fourth-order valence-electron chi connectivity index (χ4n) is 0.253. The Kier molecular flexibility index (Phi) is 4.25. The minimum absolute atomic E-state index is 0.653. The monoisotopic (exact) mass is 96.1 g/mol. The van der Waals surface area contributed by atoms with E-state index < -0.39 is 0 Å². The molecule has 0 aliphatic heterocycles. The summed E-state index contributed by atoms with van der Waals surface area (Å²) in [6.45, 7) is 10.9. The molecule has 0 saturated heterocycles. The van der Waals surface area contributed by atoms with Gasteiger partial charge in [0, 0.05) is 0 Å². The van der Waals surface area contributed by atoms with E-state index in [1.165, 1.54) is 0 Å². The highest BCUT2D eigenvalue weighted by Crippen LogP contribution is 1.79. The molecule has 0 aromatic carbocycles. The van der Waals surface area contributed by atoms with Crippen LogP contribution < -0.4 is 0 Å². The summed E-state index contributed by atoms with van der Waals surface area (Å²) < 4.78 is 0. The van der Waals surface area contributed by atoms with Crippen LogP contribution in [0.25, 0.3) is 9.69 Å². The molecule has 0 N–H and O–H groups in total. The van der Waals surface area contributed by atoms with Crippen LogP contribution in [-0.2, 0) is 0 Å². The summed E-state index contributed by atoms with van der Waals surface area (Å²) in [7, 11) is 0. The SMILES string of the molecule is C#[N+]CCC[N+]#C. The van der Waals surface area contributed by atoms with E-state index in [0.717, 1.165) is 6.42 Å². The van der Waals surface area contributed by atoms with Crippen molar-refractivity contribution in [2.24, 2.45) is 0 Å². The van der Waals surface area contributed by atoms with Crippen molar-refractivity contribution in [3.63, 3.8) is 0 Å². The maximum Gasteiger partial charge on any atom is 0.270 e. The van der Waals surface area contributed by atoms with Crippen LogP contribution in [0.5, 0.6) is 0 Å². The second-order valence-electron chi connectivity index (χ2n) is 1.17. The molecule has 0 aliphatic rings. The second kappa shape index (κ2) is 4.98. The Morgan fingerprint density at radius 1 is 1.00 bits per heavy atom. The highest BCUT2D eigenvalue weighted by molar-refractivity contribution is 4.72. The van der Waals surface area contributed by atoms with Crippen LogP contribution in [0, 0.1) is 13.1 Å². The topological polar surface area (TPSA) is 8.72 Å². The van der Waals surface area contributed by atoms with Gasteiger partial charge in [0.1, 0.15) is 6.42 Å². The Bertz CT molecular complexity index is 90.2. The fourth-order valence-corrected chi connectivity index (χ4v) is 0.253. The molecule has 0 amide bonds. The van der Waals surface area contributed by atoms with Gasteiger partial charge in [0.05, 0.1) is 0 Å². The lowest BCUT2D eigenvalue weighted by molar-refractivity contribution is 0.990. The van der Waals surface area contributed by atoms with Crippen molar-refractivity contribution < 1.29 is 0 Å². The first-order valence-electron chi connectivity index (χ1n) is 2.15. The average Bonchev–Trinajstić information content (AvgIpc) is 1.69. The number of nitrogens with zero attached hydrogens (tertiary/aromatic N) is 2. The third-order valence-corrected chi connectivity index (χ3v) is 0.574. The van der Waals surface area contributed by atoms with Gasteiger partial charge in [-0.25, -0.2) is 0 Å². The Morgan fingerprint density at radius 2 is 1.43 bits per heavy atom. The van der Waals surface area contributed by atoms with Crippen LogP contribution in [-0.4, -0.2) is 13.1 Å². The molecule has 0 saturated carbocycles. The zero-order valence-electron chi connectivity index (χ0n) is 4.17. The molecule has 2 heteroatoms. The van der Waals surface area contributed by atoms with Crippen LogP contribution >= 0.6 is 0 Å². The van der Waals surface area contributed by atoms with Crippen LogP contribution in [0.3, 0.4) is 0 Å². The van der Waals surface area contributed by atoms with E-state index >= 15 is 0 Å². The normalized spacial score (nSPS) is 6.57. The summed E-state index contributed by atoms with van der Waals surface area (Å²) in [5, 5.41) is 0. The third-order valence-electron chi connectivity index (χ3n) is 0.574. The van der Waals surface area contributed by atoms with Gasteiger partial charge >= 0.3 is 0 Å². The highest BCUT2D eigenvalue weighted by Gasteiger charge is 1.92. The maximum atomic E-state index is 4.81. The molecule has 0 fully saturated rings. The molecule has 0 spiro atoms. The second-order valence-corrected chi connectivity index (χ2v) is 1.17. The van der Waals surface area contributed by atoms with Gasteiger partial charge in [-0.2, -0.15) is 0 Å². The maximum absolute atomic E-state index is 4.81. The predicted octanol–water partition coefficient (Wildman–Crippen LogP) is 1.30. The smallest absolute Gasteiger partial charge is 0.0866 e. The summed E-state index contributed by atoms with van der Waals surface area (Å²) >= 11 is 0. The van der Waals surface area contributed by atoms with Gasteiger partial charge in [-0.15, -0.1) is 0 Å². The molecule has 0 radical (unpaired) electrons. The molecule has 0 unspecified atom stereocenters. The molecule has 36 valence electrons. The van der Waals surface area contributed by atoms with Crippen LogP contribution in [0.2, 0.25) is 0 Å². The molecule has 0 bridgehead atoms. The van der Waals surface area contributed by atoms with Gasteiger partial charge in [0.2, 0.25) is 0 Å². The molecule has 0 aromatic rings. The van der Waals surface area contributed by atoms with E-state index in [2.05, 4.69) is 9.69 Å². The molecular weight excluding hydrogens is 88.1 g/mol. The Hall–Kier alpha value is -1.02. The first-order valence-corrected chi connectivity index (χ1v) is 2.15. The van der Waals surface area contributed by atoms with Crippen molar-refractivity contribution in [3.8, 4) is 13.1 Å². The predicted molar refractivity (Wildman–Crippen MR) is 31.0 cm³/mol. The van der Waals surface area contributed by atoms with Gasteiger partial charge in [0.25, 0.3) is 26.2 Å². The van der Waals surface area contributed by atoms with Gasteiger partial charge < -0.3 is 0 Å². The summed E-state index contributed by atoms with van der Waals surface area (Å²) in [6, 6.07) is 0. The van der Waals surface area contributed by atoms with E-state index in [4.69, 9.17) is 13.1 Å². The molecule has 0 aromatic heterocycles. The summed E-state index contributed by atoms with van der Waals surface area (Å²) in [4.78, 5) is 6.72. The molecule has 0 rings (SSSR count). The Morgan fingerprint density at radius 3 is 1.71 bits per heavy atom. The van der Waals surface area contributed by atoms with E-state index in [0.29, 0.717) is 13.1 Å². The largest absolute Gasteiger partial charge is 0.270 e. The summed E-state index contributed by atoms with van der Waals surface area (Å²) in [5.41, 5.74) is 0. The quantitative estimate of drug-likeness (QED) is 0.458. The van der Waals surface area contributed by atoms with Gasteiger partial charge in [-0.05, 0) is 0 Å². The van der Waals surface area contributed by atoms with Crippen molar-refractivity contribution in [2.45, 2.75) is 6.42 Å². The molecule has 7 heavy (non-hydrogen) atoms. The van der Waals surface area contributed by atoms with Crippen molar-refractivity contribution >= 4 is 0 Å². The number of hydrogen-bond donors (Lipinski definition) is 0. The van der Waals surface area contributed by atoms with Crippen LogP contribution in [0.4, 0.5) is 0 Å². The first kappa shape index (κ1) is 5.98. The van der Waals surface area contributed by atoms with Crippen LogP contribution in [0.1, 0.15) is 6.42 Å². The van der Waals surface area contributed by atoms with Crippen molar-refractivity contribution in [2.75, 3.05) is 13.1 Å². The summed E-state index contributed by atoms with van der Waals surface area (Å²) in [5.74, 6) is 0. The average molecular weight is 96.1 g/mol. The van der Waals surface area contributed by atoms with Gasteiger partial charge in [-0.1, -0.05) is 9.69 Å². The van der Waals surface area contributed by atoms with Crippen molar-refractivity contribution in [3.05, 3.63) is 9.69 Å². The molecule has 0 aliphatic carbocycles. The van der Waals surface area contributed by atoms with Gasteiger partial charge in [0.15, 0.2) is 0 Å². The summed E-state index contributed by atoms with van der Waals surface area (Å²) in [6.07, 6.45) is 0.854. The van der Waals surface area contributed by atoms with Crippen molar-refractivity contribution in [1.29, 1.82) is 0 Å². The molecule has 0 atom stereocenters. The number of hydrogen-bond acceptors (Lipinski definition) is 0. The standard InChI is InChI=1S/C5H8N2/c1-6-4-3-5-7-2/h1-2H,3-5H2/q+2. The Balaban J connectivity index is 2.77. The minimum atomic E-state index is 0.653. The van der Waals surface area contributed by atoms with Crippen molar-refractivity contribution in [1.82, 2.24) is 0 Å². The van der Waals surface area contributed by atoms with E-state index in [-0.39, 0.29) is 0 Å². The zero-order valence-corrected chi connectivity index (χ0v) is 4.17. The van der Waals surface area contributed by atoms with E-state index in [1.807, 2.05) is 0 Å². The third kappa shape index (κ3) is 4.98. The van der Waals surface area contributed by atoms with E-state index in [9.17, 15) is 0 Å². The highest BCUT2D eigenvalue weighted by atomic mass is 14.7. The lowest BCUT2D eigenvalue weighted by Gasteiger charge is -1.62. The first-order chi connectivity index (χ1) is 3.41. The van der Waals surface area contributed by atoms with E-state index in [1.54, 1.807) is 0 Å².